The molecule has 2 aromatic rings. The van der Waals surface area contributed by atoms with E-state index in [-0.39, 0.29) is 5.91 Å². The second kappa shape index (κ2) is 3.83. The van der Waals surface area contributed by atoms with E-state index in [0.717, 1.165) is 23.4 Å². The number of carbonyl (C=O) groups is 1. The summed E-state index contributed by atoms with van der Waals surface area (Å²) < 4.78 is 0. The third-order valence-corrected chi connectivity index (χ3v) is 4.62. The maximum Gasteiger partial charge on any atom is 0.272 e. The van der Waals surface area contributed by atoms with Crippen molar-refractivity contribution in [3.63, 3.8) is 0 Å². The lowest BCUT2D eigenvalue weighted by Crippen LogP contribution is -2.31. The van der Waals surface area contributed by atoms with Crippen molar-refractivity contribution in [2.45, 2.75) is 25.7 Å². The summed E-state index contributed by atoms with van der Waals surface area (Å²) in [6, 6.07) is 7.74. The number of aromatic amines is 1. The molecule has 2 aliphatic rings. The summed E-state index contributed by atoms with van der Waals surface area (Å²) in [5, 5.41) is 11.0. The standard InChI is InChI=1S/C15H17N3O/c19-14(16-9-15(7-8-15)10-5-6-10)13-11-3-1-2-4-12(11)17-18-13/h1-4,10H,5-9H2,(H,16,19)(H,17,18). The number of fused-ring (bicyclic) bond motifs is 1. The molecule has 2 N–H and O–H groups in total. The second-order valence-corrected chi connectivity index (χ2v) is 5.94. The lowest BCUT2D eigenvalue weighted by molar-refractivity contribution is 0.0939. The fourth-order valence-corrected chi connectivity index (χ4v) is 3.06. The van der Waals surface area contributed by atoms with E-state index in [0.29, 0.717) is 11.1 Å². The monoisotopic (exact) mass is 255 g/mol. The molecule has 0 aliphatic heterocycles. The summed E-state index contributed by atoms with van der Waals surface area (Å²) >= 11 is 0. The van der Waals surface area contributed by atoms with Gasteiger partial charge < -0.3 is 5.32 Å². The molecule has 0 saturated heterocycles. The van der Waals surface area contributed by atoms with Gasteiger partial charge in [-0.05, 0) is 43.1 Å². The van der Waals surface area contributed by atoms with E-state index in [9.17, 15) is 4.79 Å². The molecule has 0 bridgehead atoms. The number of hydrogen-bond acceptors (Lipinski definition) is 2. The lowest BCUT2D eigenvalue weighted by Gasteiger charge is -2.14. The number of aromatic nitrogens is 2. The van der Waals surface area contributed by atoms with Crippen LogP contribution in [0.3, 0.4) is 0 Å². The van der Waals surface area contributed by atoms with E-state index >= 15 is 0 Å². The topological polar surface area (TPSA) is 57.8 Å². The summed E-state index contributed by atoms with van der Waals surface area (Å²) in [5.41, 5.74) is 1.86. The van der Waals surface area contributed by atoms with Crippen LogP contribution in [0.2, 0.25) is 0 Å². The van der Waals surface area contributed by atoms with Gasteiger partial charge in [-0.2, -0.15) is 5.10 Å². The van der Waals surface area contributed by atoms with E-state index in [2.05, 4.69) is 15.5 Å². The van der Waals surface area contributed by atoms with Crippen LogP contribution in [-0.2, 0) is 0 Å². The van der Waals surface area contributed by atoms with Crippen molar-refractivity contribution in [1.29, 1.82) is 0 Å². The number of carbonyl (C=O) groups excluding carboxylic acids is 1. The number of rotatable bonds is 4. The first-order chi connectivity index (χ1) is 9.28. The molecule has 4 nitrogen and oxygen atoms in total. The van der Waals surface area contributed by atoms with Gasteiger partial charge in [0.1, 0.15) is 0 Å². The number of H-pyrrole nitrogens is 1. The highest BCUT2D eigenvalue weighted by Gasteiger charge is 2.53. The zero-order valence-electron chi connectivity index (χ0n) is 10.8. The van der Waals surface area contributed by atoms with Crippen molar-refractivity contribution in [2.24, 2.45) is 11.3 Å². The Labute approximate surface area is 111 Å². The maximum absolute atomic E-state index is 12.2. The van der Waals surface area contributed by atoms with Crippen molar-refractivity contribution >= 4 is 16.8 Å². The highest BCUT2D eigenvalue weighted by molar-refractivity contribution is 6.04. The predicted molar refractivity (Wildman–Crippen MR) is 72.8 cm³/mol. The van der Waals surface area contributed by atoms with Gasteiger partial charge in [-0.3, -0.25) is 9.89 Å². The molecule has 0 radical (unpaired) electrons. The molecule has 98 valence electrons. The molecule has 19 heavy (non-hydrogen) atoms. The highest BCUT2D eigenvalue weighted by Crippen LogP contribution is 2.60. The predicted octanol–water partition coefficient (Wildman–Crippen LogP) is 2.48. The van der Waals surface area contributed by atoms with Crippen molar-refractivity contribution in [2.75, 3.05) is 6.54 Å². The minimum Gasteiger partial charge on any atom is -0.350 e. The van der Waals surface area contributed by atoms with Crippen LogP contribution in [0.4, 0.5) is 0 Å². The van der Waals surface area contributed by atoms with E-state index in [1.54, 1.807) is 0 Å². The fourth-order valence-electron chi connectivity index (χ4n) is 3.06. The van der Waals surface area contributed by atoms with Crippen molar-refractivity contribution in [3.8, 4) is 0 Å². The van der Waals surface area contributed by atoms with Crippen molar-refractivity contribution in [3.05, 3.63) is 30.0 Å². The number of nitrogens with zero attached hydrogens (tertiary/aromatic N) is 1. The number of nitrogens with one attached hydrogen (secondary N) is 2. The molecule has 0 unspecified atom stereocenters. The molecule has 1 amide bonds. The minimum atomic E-state index is -0.0515. The smallest absolute Gasteiger partial charge is 0.272 e. The van der Waals surface area contributed by atoms with Crippen LogP contribution in [0.25, 0.3) is 10.9 Å². The SMILES string of the molecule is O=C(NCC1(C2CC2)CC1)c1n[nH]c2ccccc12. The van der Waals surface area contributed by atoms with Crippen molar-refractivity contribution < 1.29 is 4.79 Å². The van der Waals surface area contributed by atoms with Gasteiger partial charge in [0.25, 0.3) is 5.91 Å². The summed E-state index contributed by atoms with van der Waals surface area (Å²) in [6.45, 7) is 0.817. The molecule has 2 saturated carbocycles. The van der Waals surface area contributed by atoms with Crippen LogP contribution in [0.5, 0.6) is 0 Å². The van der Waals surface area contributed by atoms with E-state index < -0.39 is 0 Å². The van der Waals surface area contributed by atoms with Gasteiger partial charge in [0, 0.05) is 11.9 Å². The third-order valence-electron chi connectivity index (χ3n) is 4.62. The Balaban J connectivity index is 1.51. The van der Waals surface area contributed by atoms with Crippen LogP contribution in [0.1, 0.15) is 36.2 Å². The Bertz CT molecular complexity index is 638. The summed E-state index contributed by atoms with van der Waals surface area (Å²) in [6.07, 6.45) is 5.25. The zero-order chi connectivity index (χ0) is 12.9. The van der Waals surface area contributed by atoms with Gasteiger partial charge in [-0.15, -0.1) is 0 Å². The molecule has 0 spiro atoms. The molecular formula is C15H17N3O. The summed E-state index contributed by atoms with van der Waals surface area (Å²) in [7, 11) is 0. The van der Waals surface area contributed by atoms with E-state index in [1.807, 2.05) is 24.3 Å². The van der Waals surface area contributed by atoms with Gasteiger partial charge in [0.15, 0.2) is 5.69 Å². The van der Waals surface area contributed by atoms with Crippen LogP contribution in [0.15, 0.2) is 24.3 Å². The number of hydrogen-bond donors (Lipinski definition) is 2. The lowest BCUT2D eigenvalue weighted by atomic mass is 10.0. The van der Waals surface area contributed by atoms with Crippen LogP contribution < -0.4 is 5.32 Å². The van der Waals surface area contributed by atoms with Crippen molar-refractivity contribution in [1.82, 2.24) is 15.5 Å². The molecule has 4 rings (SSSR count). The van der Waals surface area contributed by atoms with Crippen LogP contribution in [0, 0.1) is 11.3 Å². The maximum atomic E-state index is 12.2. The largest absolute Gasteiger partial charge is 0.350 e. The molecule has 0 atom stereocenters. The molecule has 1 heterocycles. The number of para-hydroxylation sites is 1. The second-order valence-electron chi connectivity index (χ2n) is 5.94. The molecule has 4 heteroatoms. The average Bonchev–Trinajstić information content (AvgIpc) is 3.32. The molecule has 1 aromatic heterocycles. The number of benzene rings is 1. The summed E-state index contributed by atoms with van der Waals surface area (Å²) in [4.78, 5) is 12.2. The Kier molecular flexibility index (Phi) is 2.22. The molecule has 2 fully saturated rings. The molecule has 2 aliphatic carbocycles. The summed E-state index contributed by atoms with van der Waals surface area (Å²) in [5.74, 6) is 0.813. The van der Waals surface area contributed by atoms with Crippen LogP contribution in [-0.4, -0.2) is 22.6 Å². The first-order valence-corrected chi connectivity index (χ1v) is 7.00. The van der Waals surface area contributed by atoms with Gasteiger partial charge in [0.05, 0.1) is 5.52 Å². The van der Waals surface area contributed by atoms with E-state index in [4.69, 9.17) is 0 Å². The first-order valence-electron chi connectivity index (χ1n) is 7.00. The van der Waals surface area contributed by atoms with Gasteiger partial charge >= 0.3 is 0 Å². The zero-order valence-corrected chi connectivity index (χ0v) is 10.8. The van der Waals surface area contributed by atoms with Crippen LogP contribution >= 0.6 is 0 Å². The molecule has 1 aromatic carbocycles. The Hall–Kier alpha value is -1.84. The first kappa shape index (κ1) is 11.0. The van der Waals surface area contributed by atoms with Gasteiger partial charge in [-0.1, -0.05) is 18.2 Å². The molecular weight excluding hydrogens is 238 g/mol. The number of amides is 1. The fraction of sp³-hybridized carbons (Fsp3) is 0.467. The average molecular weight is 255 g/mol. The van der Waals surface area contributed by atoms with E-state index in [1.165, 1.54) is 25.7 Å². The Morgan fingerprint density at radius 1 is 1.37 bits per heavy atom. The Morgan fingerprint density at radius 3 is 2.89 bits per heavy atom. The third kappa shape index (κ3) is 1.82. The highest BCUT2D eigenvalue weighted by atomic mass is 16.1. The van der Waals surface area contributed by atoms with Gasteiger partial charge in [-0.25, -0.2) is 0 Å². The van der Waals surface area contributed by atoms with Gasteiger partial charge in [0.2, 0.25) is 0 Å². The minimum absolute atomic E-state index is 0.0515. The quantitative estimate of drug-likeness (QED) is 0.881. The normalized spacial score (nSPS) is 20.4. The Morgan fingerprint density at radius 2 is 2.16 bits per heavy atom.